The first-order valence-electron chi connectivity index (χ1n) is 6.03. The van der Waals surface area contributed by atoms with Crippen LogP contribution in [-0.4, -0.2) is 48.1 Å². The van der Waals surface area contributed by atoms with Gasteiger partial charge in [0.15, 0.2) is 0 Å². The lowest BCUT2D eigenvalue weighted by Crippen LogP contribution is -2.45. The highest BCUT2D eigenvalue weighted by Crippen LogP contribution is 2.25. The number of fused-ring (bicyclic) bond motifs is 1. The first-order valence-corrected chi connectivity index (χ1v) is 6.03. The van der Waals surface area contributed by atoms with Crippen LogP contribution in [0.1, 0.15) is 11.3 Å². The zero-order chi connectivity index (χ0) is 11.8. The third-order valence-corrected chi connectivity index (χ3v) is 3.49. The predicted octanol–water partition coefficient (Wildman–Crippen LogP) is -0.586. The Hall–Kier alpha value is -1.40. The molecule has 0 unspecified atom stereocenters. The van der Waals surface area contributed by atoms with Gasteiger partial charge in [0, 0.05) is 44.8 Å². The van der Waals surface area contributed by atoms with E-state index in [-0.39, 0.29) is 0 Å². The summed E-state index contributed by atoms with van der Waals surface area (Å²) in [7, 11) is 2.15. The molecule has 0 atom stereocenters. The van der Waals surface area contributed by atoms with E-state index in [0.29, 0.717) is 5.95 Å². The first-order chi connectivity index (χ1) is 8.24. The van der Waals surface area contributed by atoms with Crippen LogP contribution in [-0.2, 0) is 13.1 Å². The summed E-state index contributed by atoms with van der Waals surface area (Å²) in [6, 6.07) is 0. The molecule has 3 N–H and O–H groups in total. The minimum atomic E-state index is 0.390. The summed E-state index contributed by atoms with van der Waals surface area (Å²) in [5, 5.41) is 3.31. The summed E-state index contributed by atoms with van der Waals surface area (Å²) in [5.74, 6) is 1.42. The second kappa shape index (κ2) is 4.12. The van der Waals surface area contributed by atoms with Gasteiger partial charge in [-0.25, -0.2) is 4.98 Å². The average Bonchev–Trinajstić information content (AvgIpc) is 2.77. The summed E-state index contributed by atoms with van der Waals surface area (Å²) in [5.41, 5.74) is 8.07. The van der Waals surface area contributed by atoms with Crippen molar-refractivity contribution < 1.29 is 0 Å². The van der Waals surface area contributed by atoms with E-state index in [9.17, 15) is 0 Å². The van der Waals surface area contributed by atoms with Gasteiger partial charge >= 0.3 is 0 Å². The summed E-state index contributed by atoms with van der Waals surface area (Å²) in [6.45, 7) is 5.84. The molecule has 1 aromatic rings. The van der Waals surface area contributed by atoms with Gasteiger partial charge in [-0.05, 0) is 7.05 Å². The largest absolute Gasteiger partial charge is 0.368 e. The Morgan fingerprint density at radius 2 is 1.88 bits per heavy atom. The van der Waals surface area contributed by atoms with Crippen LogP contribution in [0.3, 0.4) is 0 Å². The Morgan fingerprint density at radius 1 is 1.12 bits per heavy atom. The maximum absolute atomic E-state index is 5.78. The number of nitrogens with two attached hydrogens (primary N) is 1. The lowest BCUT2D eigenvalue weighted by atomic mass is 10.2. The molecular formula is C11H18N6. The molecule has 1 saturated heterocycles. The highest BCUT2D eigenvalue weighted by atomic mass is 15.3. The highest BCUT2D eigenvalue weighted by Gasteiger charge is 2.24. The molecule has 0 aliphatic carbocycles. The lowest BCUT2D eigenvalue weighted by Gasteiger charge is -2.34. The zero-order valence-electron chi connectivity index (χ0n) is 10.1. The molecule has 0 saturated carbocycles. The first kappa shape index (κ1) is 10.7. The molecule has 17 heavy (non-hydrogen) atoms. The van der Waals surface area contributed by atoms with Crippen molar-refractivity contribution in [1.82, 2.24) is 20.2 Å². The van der Waals surface area contributed by atoms with Gasteiger partial charge in [0.05, 0.1) is 5.69 Å². The summed E-state index contributed by atoms with van der Waals surface area (Å²) >= 11 is 0. The number of nitrogen functional groups attached to an aromatic ring is 1. The summed E-state index contributed by atoms with van der Waals surface area (Å²) < 4.78 is 0. The van der Waals surface area contributed by atoms with Crippen molar-refractivity contribution in [2.24, 2.45) is 0 Å². The van der Waals surface area contributed by atoms with E-state index in [0.717, 1.165) is 50.8 Å². The Bertz CT molecular complexity index is 424. The van der Waals surface area contributed by atoms with Gasteiger partial charge in [-0.2, -0.15) is 4.98 Å². The molecule has 6 nitrogen and oxygen atoms in total. The number of piperazine rings is 1. The summed E-state index contributed by atoms with van der Waals surface area (Å²) in [6.07, 6.45) is 0. The molecule has 2 aliphatic rings. The van der Waals surface area contributed by atoms with Crippen LogP contribution in [0.5, 0.6) is 0 Å². The van der Waals surface area contributed by atoms with Crippen LogP contribution < -0.4 is 16.0 Å². The minimum Gasteiger partial charge on any atom is -0.368 e. The van der Waals surface area contributed by atoms with Crippen LogP contribution in [0.15, 0.2) is 0 Å². The number of likely N-dealkylation sites (N-methyl/N-ethyl adjacent to an activating group) is 1. The third-order valence-electron chi connectivity index (χ3n) is 3.49. The predicted molar refractivity (Wildman–Crippen MR) is 66.7 cm³/mol. The van der Waals surface area contributed by atoms with Crippen LogP contribution in [0.4, 0.5) is 11.8 Å². The molecule has 2 aliphatic heterocycles. The molecule has 0 radical (unpaired) electrons. The second-order valence-electron chi connectivity index (χ2n) is 4.72. The Labute approximate surface area is 101 Å². The van der Waals surface area contributed by atoms with E-state index >= 15 is 0 Å². The highest BCUT2D eigenvalue weighted by molar-refractivity contribution is 5.53. The molecule has 1 fully saturated rings. The molecule has 0 aromatic carbocycles. The third kappa shape index (κ3) is 1.94. The fourth-order valence-electron chi connectivity index (χ4n) is 2.45. The van der Waals surface area contributed by atoms with Crippen molar-refractivity contribution in [1.29, 1.82) is 0 Å². The normalized spacial score (nSPS) is 20.6. The number of hydrogen-bond acceptors (Lipinski definition) is 6. The van der Waals surface area contributed by atoms with Crippen LogP contribution >= 0.6 is 0 Å². The van der Waals surface area contributed by atoms with Crippen LogP contribution in [0, 0.1) is 0 Å². The van der Waals surface area contributed by atoms with E-state index in [4.69, 9.17) is 5.73 Å². The standard InChI is InChI=1S/C11H18N6/c1-16-2-4-17(5-3-16)10-8-6-13-7-9(8)14-11(12)15-10/h13H,2-7H2,1H3,(H2,12,14,15). The van der Waals surface area contributed by atoms with Gasteiger partial charge in [0.25, 0.3) is 0 Å². The van der Waals surface area contributed by atoms with E-state index in [1.807, 2.05) is 0 Å². The van der Waals surface area contributed by atoms with Crippen molar-refractivity contribution in [3.05, 3.63) is 11.3 Å². The van der Waals surface area contributed by atoms with Crippen LogP contribution in [0.2, 0.25) is 0 Å². The molecule has 92 valence electrons. The topological polar surface area (TPSA) is 70.3 Å². The van der Waals surface area contributed by atoms with Gasteiger partial charge < -0.3 is 20.9 Å². The molecular weight excluding hydrogens is 216 g/mol. The molecule has 0 bridgehead atoms. The maximum atomic E-state index is 5.78. The number of anilines is 2. The number of hydrogen-bond donors (Lipinski definition) is 2. The Morgan fingerprint density at radius 3 is 2.65 bits per heavy atom. The summed E-state index contributed by atoms with van der Waals surface area (Å²) in [4.78, 5) is 13.4. The van der Waals surface area contributed by atoms with Gasteiger partial charge in [-0.1, -0.05) is 0 Å². The van der Waals surface area contributed by atoms with Gasteiger partial charge in [-0.15, -0.1) is 0 Å². The monoisotopic (exact) mass is 234 g/mol. The van der Waals surface area contributed by atoms with E-state index in [1.54, 1.807) is 0 Å². The zero-order valence-corrected chi connectivity index (χ0v) is 10.1. The fraction of sp³-hybridized carbons (Fsp3) is 0.636. The van der Waals surface area contributed by atoms with Gasteiger partial charge in [-0.3, -0.25) is 0 Å². The lowest BCUT2D eigenvalue weighted by molar-refractivity contribution is 0.312. The number of rotatable bonds is 1. The Kier molecular flexibility index (Phi) is 2.60. The molecule has 1 aromatic heterocycles. The number of aromatic nitrogens is 2. The van der Waals surface area contributed by atoms with Crippen molar-refractivity contribution >= 4 is 11.8 Å². The SMILES string of the molecule is CN1CCN(c2nc(N)nc3c2CNC3)CC1. The van der Waals surface area contributed by atoms with Crippen molar-refractivity contribution in [3.8, 4) is 0 Å². The fourth-order valence-corrected chi connectivity index (χ4v) is 2.45. The van der Waals surface area contributed by atoms with Gasteiger partial charge in [0.2, 0.25) is 5.95 Å². The van der Waals surface area contributed by atoms with E-state index in [1.165, 1.54) is 5.56 Å². The van der Waals surface area contributed by atoms with E-state index in [2.05, 4.69) is 32.1 Å². The minimum absolute atomic E-state index is 0.390. The Balaban J connectivity index is 1.92. The molecule has 3 heterocycles. The quantitative estimate of drug-likeness (QED) is 0.677. The van der Waals surface area contributed by atoms with Crippen molar-refractivity contribution in [3.63, 3.8) is 0 Å². The smallest absolute Gasteiger partial charge is 0.222 e. The average molecular weight is 234 g/mol. The van der Waals surface area contributed by atoms with Crippen molar-refractivity contribution in [2.45, 2.75) is 13.1 Å². The van der Waals surface area contributed by atoms with E-state index < -0.39 is 0 Å². The number of nitrogens with one attached hydrogen (secondary N) is 1. The molecule has 0 amide bonds. The van der Waals surface area contributed by atoms with Crippen LogP contribution in [0.25, 0.3) is 0 Å². The van der Waals surface area contributed by atoms with Gasteiger partial charge in [0.1, 0.15) is 5.82 Å². The molecule has 6 heteroatoms. The maximum Gasteiger partial charge on any atom is 0.222 e. The van der Waals surface area contributed by atoms with Crippen molar-refractivity contribution in [2.75, 3.05) is 43.9 Å². The second-order valence-corrected chi connectivity index (χ2v) is 4.72. The molecule has 0 spiro atoms. The number of nitrogens with zero attached hydrogens (tertiary/aromatic N) is 4. The molecule has 3 rings (SSSR count).